The summed E-state index contributed by atoms with van der Waals surface area (Å²) in [6, 6.07) is 0.187. The SMILES string of the molecule is CCS(=O)(=O)NCCS(=O)(=O)NCC1CCCN1. The average molecular weight is 299 g/mol. The van der Waals surface area contributed by atoms with Crippen LogP contribution in [0.5, 0.6) is 0 Å². The highest BCUT2D eigenvalue weighted by Gasteiger charge is 2.18. The topological polar surface area (TPSA) is 104 Å². The summed E-state index contributed by atoms with van der Waals surface area (Å²) >= 11 is 0. The lowest BCUT2D eigenvalue weighted by atomic mass is 10.2. The van der Waals surface area contributed by atoms with E-state index in [2.05, 4.69) is 14.8 Å². The fourth-order valence-electron chi connectivity index (χ4n) is 1.66. The molecular formula is C9H21N3O4S2. The third kappa shape index (κ3) is 6.10. The van der Waals surface area contributed by atoms with Crippen LogP contribution in [0, 0.1) is 0 Å². The Morgan fingerprint density at radius 2 is 1.89 bits per heavy atom. The minimum Gasteiger partial charge on any atom is -0.313 e. The van der Waals surface area contributed by atoms with Gasteiger partial charge >= 0.3 is 0 Å². The molecule has 108 valence electrons. The Balaban J connectivity index is 2.27. The molecule has 0 bridgehead atoms. The van der Waals surface area contributed by atoms with E-state index in [1.54, 1.807) is 0 Å². The van der Waals surface area contributed by atoms with Gasteiger partial charge in [-0.2, -0.15) is 0 Å². The zero-order valence-corrected chi connectivity index (χ0v) is 12.1. The summed E-state index contributed by atoms with van der Waals surface area (Å²) in [5, 5.41) is 3.18. The molecule has 1 aliphatic heterocycles. The van der Waals surface area contributed by atoms with Crippen LogP contribution in [-0.4, -0.2) is 54.0 Å². The van der Waals surface area contributed by atoms with Crippen molar-refractivity contribution >= 4 is 20.0 Å². The zero-order chi connectivity index (χ0) is 13.6. The highest BCUT2D eigenvalue weighted by atomic mass is 32.2. The summed E-state index contributed by atoms with van der Waals surface area (Å²) in [6.07, 6.45) is 2.02. The van der Waals surface area contributed by atoms with Gasteiger partial charge in [0.05, 0.1) is 11.5 Å². The lowest BCUT2D eigenvalue weighted by molar-refractivity contribution is 0.550. The van der Waals surface area contributed by atoms with E-state index < -0.39 is 20.0 Å². The zero-order valence-electron chi connectivity index (χ0n) is 10.5. The van der Waals surface area contributed by atoms with Crippen molar-refractivity contribution in [3.63, 3.8) is 0 Å². The van der Waals surface area contributed by atoms with Gasteiger partial charge in [-0.3, -0.25) is 0 Å². The van der Waals surface area contributed by atoms with Gasteiger partial charge in [-0.05, 0) is 26.3 Å². The second-order valence-electron chi connectivity index (χ2n) is 4.26. The van der Waals surface area contributed by atoms with Gasteiger partial charge in [0.2, 0.25) is 20.0 Å². The van der Waals surface area contributed by atoms with Gasteiger partial charge in [0.25, 0.3) is 0 Å². The molecule has 1 aliphatic rings. The minimum absolute atomic E-state index is 0.0491. The van der Waals surface area contributed by atoms with E-state index in [1.807, 2.05) is 0 Å². The maximum Gasteiger partial charge on any atom is 0.212 e. The van der Waals surface area contributed by atoms with Crippen LogP contribution in [0.1, 0.15) is 19.8 Å². The fraction of sp³-hybridized carbons (Fsp3) is 1.00. The molecule has 1 atom stereocenters. The summed E-state index contributed by atoms with van der Waals surface area (Å²) in [5.41, 5.74) is 0. The highest BCUT2D eigenvalue weighted by molar-refractivity contribution is 7.90. The average Bonchev–Trinajstić information content (AvgIpc) is 2.79. The molecule has 7 nitrogen and oxygen atoms in total. The molecule has 18 heavy (non-hydrogen) atoms. The number of hydrogen-bond acceptors (Lipinski definition) is 5. The van der Waals surface area contributed by atoms with Crippen molar-refractivity contribution in [2.45, 2.75) is 25.8 Å². The summed E-state index contributed by atoms with van der Waals surface area (Å²) < 4.78 is 50.1. The predicted molar refractivity (Wildman–Crippen MR) is 70.3 cm³/mol. The van der Waals surface area contributed by atoms with E-state index in [1.165, 1.54) is 6.92 Å². The maximum absolute atomic E-state index is 11.6. The Morgan fingerprint density at radius 3 is 2.44 bits per heavy atom. The lowest BCUT2D eigenvalue weighted by Crippen LogP contribution is -2.40. The molecule has 1 fully saturated rings. The molecule has 0 spiro atoms. The molecule has 1 unspecified atom stereocenters. The molecule has 0 aromatic heterocycles. The number of rotatable bonds is 8. The molecule has 9 heteroatoms. The Kier molecular flexibility index (Phi) is 5.99. The van der Waals surface area contributed by atoms with E-state index in [0.717, 1.165) is 19.4 Å². The molecule has 0 aromatic rings. The van der Waals surface area contributed by atoms with Crippen LogP contribution in [0.3, 0.4) is 0 Å². The van der Waals surface area contributed by atoms with Crippen molar-refractivity contribution in [2.24, 2.45) is 0 Å². The van der Waals surface area contributed by atoms with Gasteiger partial charge in [0, 0.05) is 19.1 Å². The largest absolute Gasteiger partial charge is 0.313 e. The van der Waals surface area contributed by atoms with Gasteiger partial charge in [0.1, 0.15) is 0 Å². The summed E-state index contributed by atoms with van der Waals surface area (Å²) in [5.74, 6) is -0.286. The highest BCUT2D eigenvalue weighted by Crippen LogP contribution is 2.03. The quantitative estimate of drug-likeness (QED) is 0.511. The normalized spacial score (nSPS) is 21.3. The van der Waals surface area contributed by atoms with Gasteiger partial charge in [0.15, 0.2) is 0 Å². The van der Waals surface area contributed by atoms with Crippen LogP contribution in [0.15, 0.2) is 0 Å². The second-order valence-corrected chi connectivity index (χ2v) is 8.28. The summed E-state index contributed by atoms with van der Waals surface area (Å²) in [6.45, 7) is 2.69. The van der Waals surface area contributed by atoms with E-state index in [9.17, 15) is 16.8 Å². The first-order valence-electron chi connectivity index (χ1n) is 6.03. The van der Waals surface area contributed by atoms with Crippen LogP contribution in [0.4, 0.5) is 0 Å². The molecule has 0 aliphatic carbocycles. The van der Waals surface area contributed by atoms with Crippen molar-refractivity contribution in [3.8, 4) is 0 Å². The molecule has 0 saturated carbocycles. The Bertz CT molecular complexity index is 440. The molecule has 0 amide bonds. The fourth-order valence-corrected chi connectivity index (χ4v) is 3.38. The number of hydrogen-bond donors (Lipinski definition) is 3. The van der Waals surface area contributed by atoms with Crippen LogP contribution >= 0.6 is 0 Å². The van der Waals surface area contributed by atoms with Crippen LogP contribution in [0.2, 0.25) is 0 Å². The number of sulfonamides is 2. The molecule has 3 N–H and O–H groups in total. The molecule has 1 saturated heterocycles. The van der Waals surface area contributed by atoms with Crippen LogP contribution in [-0.2, 0) is 20.0 Å². The number of nitrogens with one attached hydrogen (secondary N) is 3. The third-order valence-corrected chi connectivity index (χ3v) is 5.54. The Morgan fingerprint density at radius 1 is 1.17 bits per heavy atom. The standard InChI is InChI=1S/C9H21N3O4S2/c1-2-17(13,14)11-6-7-18(15,16)12-8-9-4-3-5-10-9/h9-12H,2-8H2,1H3. The van der Waals surface area contributed by atoms with E-state index in [4.69, 9.17) is 0 Å². The van der Waals surface area contributed by atoms with Gasteiger partial charge < -0.3 is 5.32 Å². The summed E-state index contributed by atoms with van der Waals surface area (Å²) in [4.78, 5) is 0. The molecule has 0 aromatic carbocycles. The van der Waals surface area contributed by atoms with E-state index >= 15 is 0 Å². The minimum atomic E-state index is -3.42. The van der Waals surface area contributed by atoms with Crippen molar-refractivity contribution in [3.05, 3.63) is 0 Å². The third-order valence-electron chi connectivity index (χ3n) is 2.78. The Labute approximate surface area is 109 Å². The van der Waals surface area contributed by atoms with Gasteiger partial charge in [-0.25, -0.2) is 26.3 Å². The molecular weight excluding hydrogens is 278 g/mol. The maximum atomic E-state index is 11.6. The summed E-state index contributed by atoms with van der Waals surface area (Å²) in [7, 11) is -6.74. The lowest BCUT2D eigenvalue weighted by Gasteiger charge is -2.12. The Hall–Kier alpha value is -0.220. The second kappa shape index (κ2) is 6.80. The van der Waals surface area contributed by atoms with E-state index in [0.29, 0.717) is 6.54 Å². The van der Waals surface area contributed by atoms with Crippen molar-refractivity contribution in [1.82, 2.24) is 14.8 Å². The van der Waals surface area contributed by atoms with Crippen molar-refractivity contribution in [2.75, 3.05) is 31.1 Å². The smallest absolute Gasteiger partial charge is 0.212 e. The predicted octanol–water partition coefficient (Wildman–Crippen LogP) is -1.40. The molecule has 1 heterocycles. The first kappa shape index (κ1) is 15.8. The van der Waals surface area contributed by atoms with E-state index in [-0.39, 0.29) is 24.1 Å². The first-order chi connectivity index (χ1) is 8.35. The molecule has 1 rings (SSSR count). The van der Waals surface area contributed by atoms with Gasteiger partial charge in [-0.15, -0.1) is 0 Å². The molecule has 0 radical (unpaired) electrons. The first-order valence-corrected chi connectivity index (χ1v) is 9.33. The van der Waals surface area contributed by atoms with Gasteiger partial charge in [-0.1, -0.05) is 0 Å². The van der Waals surface area contributed by atoms with Crippen LogP contribution < -0.4 is 14.8 Å². The van der Waals surface area contributed by atoms with Crippen molar-refractivity contribution < 1.29 is 16.8 Å². The monoisotopic (exact) mass is 299 g/mol. The van der Waals surface area contributed by atoms with Crippen LogP contribution in [0.25, 0.3) is 0 Å². The van der Waals surface area contributed by atoms with Crippen molar-refractivity contribution in [1.29, 1.82) is 0 Å².